The van der Waals surface area contributed by atoms with Gasteiger partial charge in [-0.1, -0.05) is 11.3 Å². The lowest BCUT2D eigenvalue weighted by molar-refractivity contribution is 0.102. The van der Waals surface area contributed by atoms with Gasteiger partial charge in [-0.05, 0) is 12.1 Å². The zero-order valence-corrected chi connectivity index (χ0v) is 9.81. The van der Waals surface area contributed by atoms with Crippen molar-refractivity contribution in [3.05, 3.63) is 41.7 Å². The number of aromatic nitrogens is 3. The average Bonchev–Trinajstić information content (AvgIpc) is 2.84. The molecule has 0 fully saturated rings. The van der Waals surface area contributed by atoms with E-state index in [1.54, 1.807) is 0 Å². The summed E-state index contributed by atoms with van der Waals surface area (Å²) >= 11 is 0. The van der Waals surface area contributed by atoms with Crippen LogP contribution in [0.5, 0.6) is 0 Å². The SMILES string of the molecule is NCCn1cc(C(=O)Nc2cccc(F)c2F)nn1. The Morgan fingerprint density at radius 2 is 2.21 bits per heavy atom. The minimum atomic E-state index is -1.12. The van der Waals surface area contributed by atoms with Gasteiger partial charge in [0.25, 0.3) is 5.91 Å². The van der Waals surface area contributed by atoms with E-state index in [0.29, 0.717) is 13.1 Å². The summed E-state index contributed by atoms with van der Waals surface area (Å²) in [7, 11) is 0. The van der Waals surface area contributed by atoms with E-state index >= 15 is 0 Å². The second-order valence-corrected chi connectivity index (χ2v) is 3.71. The molecule has 1 aromatic carbocycles. The highest BCUT2D eigenvalue weighted by Crippen LogP contribution is 2.17. The highest BCUT2D eigenvalue weighted by molar-refractivity contribution is 6.02. The Labute approximate surface area is 107 Å². The van der Waals surface area contributed by atoms with Crippen LogP contribution in [0.4, 0.5) is 14.5 Å². The van der Waals surface area contributed by atoms with Crippen molar-refractivity contribution in [2.45, 2.75) is 6.54 Å². The van der Waals surface area contributed by atoms with Crippen molar-refractivity contribution in [1.82, 2.24) is 15.0 Å². The number of benzene rings is 1. The van der Waals surface area contributed by atoms with Gasteiger partial charge >= 0.3 is 0 Å². The molecule has 100 valence electrons. The lowest BCUT2D eigenvalue weighted by Crippen LogP contribution is -2.14. The van der Waals surface area contributed by atoms with Gasteiger partial charge in [0.1, 0.15) is 0 Å². The second-order valence-electron chi connectivity index (χ2n) is 3.71. The molecule has 1 amide bonds. The molecule has 0 atom stereocenters. The third kappa shape index (κ3) is 2.91. The number of carbonyl (C=O) groups excluding carboxylic acids is 1. The van der Waals surface area contributed by atoms with Crippen LogP contribution in [-0.2, 0) is 6.54 Å². The van der Waals surface area contributed by atoms with Crippen LogP contribution in [0.3, 0.4) is 0 Å². The van der Waals surface area contributed by atoms with Crippen molar-refractivity contribution in [3.8, 4) is 0 Å². The molecule has 2 aromatic rings. The fourth-order valence-corrected chi connectivity index (χ4v) is 1.43. The summed E-state index contributed by atoms with van der Waals surface area (Å²) in [5.74, 6) is -2.83. The quantitative estimate of drug-likeness (QED) is 0.856. The maximum atomic E-state index is 13.4. The standard InChI is InChI=1S/C11H11F2N5O/c12-7-2-1-3-8(10(7)13)15-11(19)9-6-18(5-4-14)17-16-9/h1-3,6H,4-5,14H2,(H,15,19). The number of hydrogen-bond donors (Lipinski definition) is 2. The summed E-state index contributed by atoms with van der Waals surface area (Å²) < 4.78 is 27.7. The number of carbonyl (C=O) groups is 1. The largest absolute Gasteiger partial charge is 0.329 e. The normalized spacial score (nSPS) is 10.5. The molecular weight excluding hydrogens is 256 g/mol. The molecule has 0 aliphatic heterocycles. The number of halogens is 2. The number of amides is 1. The van der Waals surface area contributed by atoms with Crippen molar-refractivity contribution in [2.24, 2.45) is 5.73 Å². The maximum Gasteiger partial charge on any atom is 0.277 e. The molecule has 0 radical (unpaired) electrons. The average molecular weight is 267 g/mol. The molecule has 0 bridgehead atoms. The van der Waals surface area contributed by atoms with E-state index in [0.717, 1.165) is 6.07 Å². The van der Waals surface area contributed by atoms with Crippen LogP contribution >= 0.6 is 0 Å². The van der Waals surface area contributed by atoms with Crippen molar-refractivity contribution in [3.63, 3.8) is 0 Å². The van der Waals surface area contributed by atoms with E-state index in [1.165, 1.54) is 23.0 Å². The summed E-state index contributed by atoms with van der Waals surface area (Å²) in [4.78, 5) is 11.7. The van der Waals surface area contributed by atoms with Gasteiger partial charge in [-0.15, -0.1) is 5.10 Å². The number of nitrogens with one attached hydrogen (secondary N) is 1. The van der Waals surface area contributed by atoms with Crippen LogP contribution in [0.15, 0.2) is 24.4 Å². The monoisotopic (exact) mass is 267 g/mol. The van der Waals surface area contributed by atoms with Gasteiger partial charge in [0, 0.05) is 6.54 Å². The third-order valence-electron chi connectivity index (χ3n) is 2.33. The van der Waals surface area contributed by atoms with Crippen molar-refractivity contribution >= 4 is 11.6 Å². The van der Waals surface area contributed by atoms with E-state index in [1.807, 2.05) is 0 Å². The predicted molar refractivity (Wildman–Crippen MR) is 63.4 cm³/mol. The minimum absolute atomic E-state index is 0.00267. The van der Waals surface area contributed by atoms with E-state index < -0.39 is 17.5 Å². The van der Waals surface area contributed by atoms with Crippen LogP contribution in [0.1, 0.15) is 10.5 Å². The molecule has 19 heavy (non-hydrogen) atoms. The molecule has 3 N–H and O–H groups in total. The lowest BCUT2D eigenvalue weighted by Gasteiger charge is -2.04. The van der Waals surface area contributed by atoms with Crippen LogP contribution in [-0.4, -0.2) is 27.4 Å². The first-order valence-electron chi connectivity index (χ1n) is 5.47. The van der Waals surface area contributed by atoms with Crippen LogP contribution in [0, 0.1) is 11.6 Å². The number of anilines is 1. The Bertz CT molecular complexity index is 599. The lowest BCUT2D eigenvalue weighted by atomic mass is 10.3. The number of hydrogen-bond acceptors (Lipinski definition) is 4. The summed E-state index contributed by atoms with van der Waals surface area (Å²) in [5.41, 5.74) is 5.07. The van der Waals surface area contributed by atoms with E-state index in [2.05, 4.69) is 15.6 Å². The topological polar surface area (TPSA) is 85.8 Å². The Morgan fingerprint density at radius 3 is 2.95 bits per heavy atom. The van der Waals surface area contributed by atoms with Crippen molar-refractivity contribution < 1.29 is 13.6 Å². The Balaban J connectivity index is 2.14. The van der Waals surface area contributed by atoms with Gasteiger partial charge in [-0.2, -0.15) is 0 Å². The molecule has 1 aromatic heterocycles. The molecule has 0 saturated carbocycles. The van der Waals surface area contributed by atoms with Gasteiger partial charge in [-0.25, -0.2) is 8.78 Å². The highest BCUT2D eigenvalue weighted by atomic mass is 19.2. The summed E-state index contributed by atoms with van der Waals surface area (Å²) in [6.45, 7) is 0.761. The van der Waals surface area contributed by atoms with Gasteiger partial charge in [-0.3, -0.25) is 9.48 Å². The molecule has 0 saturated heterocycles. The molecule has 0 spiro atoms. The van der Waals surface area contributed by atoms with Crippen LogP contribution in [0.2, 0.25) is 0 Å². The van der Waals surface area contributed by atoms with Gasteiger partial charge in [0.2, 0.25) is 0 Å². The summed E-state index contributed by atoms with van der Waals surface area (Å²) in [5, 5.41) is 9.50. The molecule has 2 rings (SSSR count). The zero-order chi connectivity index (χ0) is 13.8. The Kier molecular flexibility index (Phi) is 3.81. The third-order valence-corrected chi connectivity index (χ3v) is 2.33. The Morgan fingerprint density at radius 1 is 1.42 bits per heavy atom. The number of rotatable bonds is 4. The molecule has 1 heterocycles. The van der Waals surface area contributed by atoms with E-state index in [-0.39, 0.29) is 11.4 Å². The van der Waals surface area contributed by atoms with Gasteiger partial charge < -0.3 is 11.1 Å². The fraction of sp³-hybridized carbons (Fsp3) is 0.182. The van der Waals surface area contributed by atoms with Crippen LogP contribution < -0.4 is 11.1 Å². The van der Waals surface area contributed by atoms with Crippen molar-refractivity contribution in [2.75, 3.05) is 11.9 Å². The summed E-state index contributed by atoms with van der Waals surface area (Å²) in [6.07, 6.45) is 1.37. The summed E-state index contributed by atoms with van der Waals surface area (Å²) in [6, 6.07) is 3.50. The highest BCUT2D eigenvalue weighted by Gasteiger charge is 2.14. The first-order chi connectivity index (χ1) is 9.11. The molecule has 0 aliphatic carbocycles. The Hall–Kier alpha value is -2.35. The minimum Gasteiger partial charge on any atom is -0.329 e. The zero-order valence-electron chi connectivity index (χ0n) is 9.81. The van der Waals surface area contributed by atoms with E-state index in [4.69, 9.17) is 5.73 Å². The molecule has 0 aliphatic rings. The first-order valence-corrected chi connectivity index (χ1v) is 5.47. The molecule has 8 heteroatoms. The van der Waals surface area contributed by atoms with Gasteiger partial charge in [0.05, 0.1) is 18.4 Å². The van der Waals surface area contributed by atoms with E-state index in [9.17, 15) is 13.6 Å². The van der Waals surface area contributed by atoms with Crippen LogP contribution in [0.25, 0.3) is 0 Å². The maximum absolute atomic E-state index is 13.4. The number of nitrogens with two attached hydrogens (primary N) is 1. The smallest absolute Gasteiger partial charge is 0.277 e. The number of nitrogens with zero attached hydrogens (tertiary/aromatic N) is 3. The molecule has 6 nitrogen and oxygen atoms in total. The predicted octanol–water partition coefficient (Wildman–Crippen LogP) is 0.767. The van der Waals surface area contributed by atoms with Crippen molar-refractivity contribution in [1.29, 1.82) is 0 Å². The molecular formula is C11H11F2N5O. The second kappa shape index (κ2) is 5.53. The molecule has 0 unspecified atom stereocenters. The fourth-order valence-electron chi connectivity index (χ4n) is 1.43. The van der Waals surface area contributed by atoms with Gasteiger partial charge in [0.15, 0.2) is 17.3 Å². The first kappa shape index (κ1) is 13.1.